The zero-order valence-electron chi connectivity index (χ0n) is 9.47. The molecule has 0 atom stereocenters. The summed E-state index contributed by atoms with van der Waals surface area (Å²) in [5.74, 6) is 0. The molecule has 0 aromatic heterocycles. The summed E-state index contributed by atoms with van der Waals surface area (Å²) in [7, 11) is 0. The highest BCUT2D eigenvalue weighted by molar-refractivity contribution is 4.76. The molecule has 1 fully saturated rings. The van der Waals surface area contributed by atoms with E-state index >= 15 is 0 Å². The first-order valence-corrected chi connectivity index (χ1v) is 5.94. The molecule has 1 aliphatic rings. The van der Waals surface area contributed by atoms with Gasteiger partial charge in [0.1, 0.15) is 0 Å². The minimum atomic E-state index is -4.09. The molecule has 0 bridgehead atoms. The Labute approximate surface area is 94.4 Å². The fourth-order valence-electron chi connectivity index (χ4n) is 2.32. The molecule has 1 aliphatic carbocycles. The van der Waals surface area contributed by atoms with Gasteiger partial charge in [-0.3, -0.25) is 4.90 Å². The first-order valence-electron chi connectivity index (χ1n) is 5.94. The van der Waals surface area contributed by atoms with Crippen LogP contribution in [-0.2, 0) is 0 Å². The third-order valence-electron chi connectivity index (χ3n) is 3.16. The minimum absolute atomic E-state index is 0.0225. The van der Waals surface area contributed by atoms with Gasteiger partial charge in [-0.05, 0) is 12.8 Å². The fraction of sp³-hybridized carbons (Fsp3) is 1.00. The number of alkyl halides is 3. The predicted molar refractivity (Wildman–Crippen MR) is 56.2 cm³/mol. The average molecular weight is 239 g/mol. The Balaban J connectivity index is 2.39. The molecule has 16 heavy (non-hydrogen) atoms. The Morgan fingerprint density at radius 2 is 1.69 bits per heavy atom. The van der Waals surface area contributed by atoms with E-state index in [1.54, 1.807) is 4.90 Å². The summed E-state index contributed by atoms with van der Waals surface area (Å²) in [6, 6.07) is 0.239. The lowest BCUT2D eigenvalue weighted by atomic mass is 9.94. The summed E-state index contributed by atoms with van der Waals surface area (Å²) >= 11 is 0. The lowest BCUT2D eigenvalue weighted by Crippen LogP contribution is -2.40. The van der Waals surface area contributed by atoms with E-state index in [0.717, 1.165) is 25.7 Å². The van der Waals surface area contributed by atoms with Gasteiger partial charge >= 0.3 is 6.18 Å². The van der Waals surface area contributed by atoms with Crippen molar-refractivity contribution in [3.8, 4) is 0 Å². The fourth-order valence-corrected chi connectivity index (χ4v) is 2.32. The topological polar surface area (TPSA) is 23.5 Å². The van der Waals surface area contributed by atoms with Gasteiger partial charge in [-0.25, -0.2) is 0 Å². The van der Waals surface area contributed by atoms with E-state index in [1.807, 2.05) is 0 Å². The number of aliphatic hydroxyl groups excluding tert-OH is 1. The number of hydrogen-bond donors (Lipinski definition) is 1. The first-order chi connectivity index (χ1) is 7.53. The van der Waals surface area contributed by atoms with Crippen molar-refractivity contribution in [3.63, 3.8) is 0 Å². The van der Waals surface area contributed by atoms with Crippen LogP contribution in [0, 0.1) is 0 Å². The summed E-state index contributed by atoms with van der Waals surface area (Å²) in [6.45, 7) is 0.323. The van der Waals surface area contributed by atoms with Gasteiger partial charge in [0.15, 0.2) is 0 Å². The van der Waals surface area contributed by atoms with Gasteiger partial charge in [0.25, 0.3) is 0 Å². The highest BCUT2D eigenvalue weighted by Crippen LogP contribution is 2.25. The maximum absolute atomic E-state index is 12.1. The molecule has 1 rings (SSSR count). The number of aliphatic hydroxyl groups is 1. The molecular formula is C11H20F3NO. The van der Waals surface area contributed by atoms with E-state index in [2.05, 4.69) is 0 Å². The molecule has 0 spiro atoms. The van der Waals surface area contributed by atoms with Crippen LogP contribution in [0.2, 0.25) is 0 Å². The zero-order valence-corrected chi connectivity index (χ0v) is 9.47. The van der Waals surface area contributed by atoms with Crippen LogP contribution in [0.15, 0.2) is 0 Å². The first kappa shape index (κ1) is 13.8. The van der Waals surface area contributed by atoms with Gasteiger partial charge in [0.05, 0.1) is 13.0 Å². The van der Waals surface area contributed by atoms with Crippen molar-refractivity contribution in [2.24, 2.45) is 0 Å². The molecule has 0 radical (unpaired) electrons. The maximum Gasteiger partial charge on any atom is 0.390 e. The largest absolute Gasteiger partial charge is 0.395 e. The van der Waals surface area contributed by atoms with Crippen molar-refractivity contribution in [2.45, 2.75) is 50.7 Å². The highest BCUT2D eigenvalue weighted by Gasteiger charge is 2.29. The molecule has 0 aromatic rings. The average Bonchev–Trinajstić information content (AvgIpc) is 2.24. The molecule has 2 nitrogen and oxygen atoms in total. The normalized spacial score (nSPS) is 19.3. The smallest absolute Gasteiger partial charge is 0.390 e. The van der Waals surface area contributed by atoms with Crippen LogP contribution in [0.5, 0.6) is 0 Å². The van der Waals surface area contributed by atoms with Crippen LogP contribution in [0.25, 0.3) is 0 Å². The Morgan fingerprint density at radius 3 is 2.19 bits per heavy atom. The number of hydrogen-bond acceptors (Lipinski definition) is 2. The molecular weight excluding hydrogens is 219 g/mol. The molecule has 1 N–H and O–H groups in total. The Kier molecular flexibility index (Phi) is 5.55. The van der Waals surface area contributed by atoms with Crippen LogP contribution < -0.4 is 0 Å². The van der Waals surface area contributed by atoms with Crippen LogP contribution >= 0.6 is 0 Å². The molecule has 0 unspecified atom stereocenters. The third-order valence-corrected chi connectivity index (χ3v) is 3.16. The Bertz CT molecular complexity index is 190. The van der Waals surface area contributed by atoms with E-state index in [0.29, 0.717) is 6.54 Å². The van der Waals surface area contributed by atoms with Crippen molar-refractivity contribution in [2.75, 3.05) is 19.7 Å². The van der Waals surface area contributed by atoms with Gasteiger partial charge in [-0.15, -0.1) is 0 Å². The van der Waals surface area contributed by atoms with Gasteiger partial charge in [0.2, 0.25) is 0 Å². The minimum Gasteiger partial charge on any atom is -0.395 e. The lowest BCUT2D eigenvalue weighted by molar-refractivity contribution is -0.139. The number of rotatable bonds is 5. The quantitative estimate of drug-likeness (QED) is 0.797. The second-order valence-corrected chi connectivity index (χ2v) is 4.42. The van der Waals surface area contributed by atoms with Gasteiger partial charge in [0, 0.05) is 19.1 Å². The molecule has 5 heteroatoms. The Morgan fingerprint density at radius 1 is 1.06 bits per heavy atom. The molecule has 0 saturated heterocycles. The molecule has 0 aliphatic heterocycles. The second-order valence-electron chi connectivity index (χ2n) is 4.42. The van der Waals surface area contributed by atoms with E-state index < -0.39 is 12.6 Å². The molecule has 0 amide bonds. The summed E-state index contributed by atoms with van der Waals surface area (Å²) < 4.78 is 36.4. The van der Waals surface area contributed by atoms with Crippen LogP contribution in [0.1, 0.15) is 38.5 Å². The van der Waals surface area contributed by atoms with Crippen LogP contribution in [0.3, 0.4) is 0 Å². The summed E-state index contributed by atoms with van der Waals surface area (Å²) in [5.41, 5.74) is 0. The number of nitrogens with zero attached hydrogens (tertiary/aromatic N) is 1. The van der Waals surface area contributed by atoms with Crippen molar-refractivity contribution in [1.29, 1.82) is 0 Å². The van der Waals surface area contributed by atoms with Gasteiger partial charge in [-0.1, -0.05) is 19.3 Å². The summed E-state index contributed by atoms with van der Waals surface area (Å²) in [6.07, 6.45) is 0.446. The summed E-state index contributed by atoms with van der Waals surface area (Å²) in [4.78, 5) is 1.80. The number of halogens is 3. The van der Waals surface area contributed by atoms with Gasteiger partial charge in [-0.2, -0.15) is 13.2 Å². The Hall–Kier alpha value is -0.290. The predicted octanol–water partition coefficient (Wildman–Crippen LogP) is 2.57. The second kappa shape index (κ2) is 6.45. The van der Waals surface area contributed by atoms with E-state index in [9.17, 15) is 13.2 Å². The monoisotopic (exact) mass is 239 g/mol. The standard InChI is InChI=1S/C11H20F3NO/c12-11(13,14)6-7-15(8-9-16)10-4-2-1-3-5-10/h10,16H,1-9H2. The SMILES string of the molecule is OCCN(CCC(F)(F)F)C1CCCCC1. The lowest BCUT2D eigenvalue weighted by Gasteiger charge is -2.34. The van der Waals surface area contributed by atoms with E-state index in [4.69, 9.17) is 5.11 Å². The van der Waals surface area contributed by atoms with Crippen LogP contribution in [-0.4, -0.2) is 41.9 Å². The van der Waals surface area contributed by atoms with Crippen molar-refractivity contribution in [1.82, 2.24) is 4.90 Å². The van der Waals surface area contributed by atoms with Crippen molar-refractivity contribution >= 4 is 0 Å². The molecule has 96 valence electrons. The van der Waals surface area contributed by atoms with E-state index in [1.165, 1.54) is 6.42 Å². The summed E-state index contributed by atoms with van der Waals surface area (Å²) in [5, 5.41) is 8.87. The molecule has 1 saturated carbocycles. The van der Waals surface area contributed by atoms with E-state index in [-0.39, 0.29) is 19.2 Å². The van der Waals surface area contributed by atoms with Crippen LogP contribution in [0.4, 0.5) is 13.2 Å². The third kappa shape index (κ3) is 5.16. The zero-order chi connectivity index (χ0) is 12.0. The highest BCUT2D eigenvalue weighted by atomic mass is 19.4. The molecule has 0 heterocycles. The maximum atomic E-state index is 12.1. The van der Waals surface area contributed by atoms with Gasteiger partial charge < -0.3 is 5.11 Å². The van der Waals surface area contributed by atoms with Crippen molar-refractivity contribution < 1.29 is 18.3 Å². The molecule has 0 aromatic carbocycles. The van der Waals surface area contributed by atoms with Crippen molar-refractivity contribution in [3.05, 3.63) is 0 Å².